The number of carbonyl (C=O) groups excluding carboxylic acids is 2. The molecule has 3 aliphatic rings. The molecule has 1 aromatic rings. The molecule has 0 aromatic heterocycles. The van der Waals surface area contributed by atoms with Gasteiger partial charge in [0.25, 0.3) is 0 Å². The molecule has 3 heterocycles. The van der Waals surface area contributed by atoms with Crippen molar-refractivity contribution in [2.75, 3.05) is 32.8 Å². The number of carbonyl (C=O) groups is 2. The van der Waals surface area contributed by atoms with Gasteiger partial charge in [0.15, 0.2) is 5.78 Å². The third kappa shape index (κ3) is 5.50. The predicted octanol–water partition coefficient (Wildman–Crippen LogP) is 4.78. The van der Waals surface area contributed by atoms with Crippen LogP contribution < -0.4 is 0 Å². The smallest absolute Gasteiger partial charge is 0.370 e. The molecule has 188 valence electrons. The number of fused-ring (bicyclic) bond motifs is 1. The Bertz CT molecular complexity index is 924. The Labute approximate surface area is 193 Å². The molecule has 0 aliphatic carbocycles. The van der Waals surface area contributed by atoms with Crippen LogP contribution in [0.15, 0.2) is 18.2 Å². The molecular weight excluding hydrogens is 466 g/mol. The molecule has 2 atom stereocenters. The van der Waals surface area contributed by atoms with Gasteiger partial charge in [0.05, 0.1) is 17.2 Å². The van der Waals surface area contributed by atoms with E-state index in [0.29, 0.717) is 57.9 Å². The van der Waals surface area contributed by atoms with Crippen molar-refractivity contribution < 1.29 is 40.7 Å². The topological polar surface area (TPSA) is 49.9 Å². The number of ether oxygens (including phenoxy) is 1. The Hall–Kier alpha value is -2.30. The number of urea groups is 1. The summed E-state index contributed by atoms with van der Waals surface area (Å²) in [4.78, 5) is 28.0. The second kappa shape index (κ2) is 9.39. The Morgan fingerprint density at radius 1 is 0.971 bits per heavy atom. The van der Waals surface area contributed by atoms with Crippen LogP contribution in [-0.4, -0.2) is 60.5 Å². The van der Waals surface area contributed by atoms with Gasteiger partial charge in [-0.3, -0.25) is 4.79 Å². The minimum Gasteiger partial charge on any atom is -0.370 e. The van der Waals surface area contributed by atoms with E-state index in [1.807, 2.05) is 0 Å². The zero-order valence-electron chi connectivity index (χ0n) is 18.4. The molecule has 3 aliphatic heterocycles. The molecule has 0 spiro atoms. The number of nitrogens with zero attached hydrogens (tertiary/aromatic N) is 2. The van der Waals surface area contributed by atoms with E-state index in [-0.39, 0.29) is 54.4 Å². The van der Waals surface area contributed by atoms with Crippen LogP contribution in [0.4, 0.5) is 31.1 Å². The normalized spacial score (nSPS) is 24.8. The van der Waals surface area contributed by atoms with Gasteiger partial charge in [-0.15, -0.1) is 0 Å². The van der Waals surface area contributed by atoms with E-state index < -0.39 is 23.5 Å². The lowest BCUT2D eigenvalue weighted by Gasteiger charge is -2.43. The highest BCUT2D eigenvalue weighted by atomic mass is 19.4. The summed E-state index contributed by atoms with van der Waals surface area (Å²) in [5.74, 6) is -0.160. The van der Waals surface area contributed by atoms with Gasteiger partial charge in [0, 0.05) is 38.5 Å². The van der Waals surface area contributed by atoms with Gasteiger partial charge >= 0.3 is 18.4 Å². The largest absolute Gasteiger partial charge is 0.416 e. The molecule has 0 N–H and O–H groups in total. The van der Waals surface area contributed by atoms with Crippen molar-refractivity contribution >= 4 is 11.8 Å². The predicted molar refractivity (Wildman–Crippen MR) is 109 cm³/mol. The molecule has 11 heteroatoms. The summed E-state index contributed by atoms with van der Waals surface area (Å²) >= 11 is 0. The Balaban J connectivity index is 1.35. The molecule has 0 bridgehead atoms. The Morgan fingerprint density at radius 3 is 2.29 bits per heavy atom. The van der Waals surface area contributed by atoms with Gasteiger partial charge in [0.1, 0.15) is 6.61 Å². The van der Waals surface area contributed by atoms with Gasteiger partial charge in [-0.1, -0.05) is 6.07 Å². The zero-order valence-corrected chi connectivity index (χ0v) is 18.4. The maximum Gasteiger partial charge on any atom is 0.416 e. The van der Waals surface area contributed by atoms with Crippen molar-refractivity contribution in [3.05, 3.63) is 34.9 Å². The van der Waals surface area contributed by atoms with Crippen molar-refractivity contribution in [2.24, 2.45) is 11.8 Å². The second-order valence-corrected chi connectivity index (χ2v) is 9.37. The number of halogens is 6. The van der Waals surface area contributed by atoms with Crippen molar-refractivity contribution in [1.29, 1.82) is 0 Å². The zero-order chi connectivity index (χ0) is 24.7. The van der Waals surface area contributed by atoms with E-state index in [2.05, 4.69) is 0 Å². The van der Waals surface area contributed by atoms with Crippen molar-refractivity contribution in [3.8, 4) is 0 Å². The summed E-state index contributed by atoms with van der Waals surface area (Å²) in [6.45, 7) is 1.82. The number of ketones is 1. The molecule has 5 nitrogen and oxygen atoms in total. The van der Waals surface area contributed by atoms with Crippen molar-refractivity contribution in [1.82, 2.24) is 9.80 Å². The van der Waals surface area contributed by atoms with E-state index in [4.69, 9.17) is 4.74 Å². The first kappa shape index (κ1) is 24.8. The van der Waals surface area contributed by atoms with Crippen molar-refractivity contribution in [3.63, 3.8) is 0 Å². The van der Waals surface area contributed by atoms with Crippen LogP contribution in [0.1, 0.15) is 42.4 Å². The highest BCUT2D eigenvalue weighted by Gasteiger charge is 2.40. The Morgan fingerprint density at radius 2 is 1.65 bits per heavy atom. The fourth-order valence-electron chi connectivity index (χ4n) is 5.19. The first-order valence-corrected chi connectivity index (χ1v) is 11.4. The summed E-state index contributed by atoms with van der Waals surface area (Å²) in [6.07, 6.45) is -7.77. The van der Waals surface area contributed by atoms with E-state index in [1.54, 1.807) is 9.80 Å². The van der Waals surface area contributed by atoms with Crippen LogP contribution in [-0.2, 0) is 28.3 Å². The number of hydrogen-bond donors (Lipinski definition) is 0. The average molecular weight is 492 g/mol. The van der Waals surface area contributed by atoms with Gasteiger partial charge in [-0.2, -0.15) is 26.3 Å². The lowest BCUT2D eigenvalue weighted by molar-refractivity contribution is -0.143. The van der Waals surface area contributed by atoms with Crippen LogP contribution in [0.5, 0.6) is 0 Å². The lowest BCUT2D eigenvalue weighted by atomic mass is 9.87. The molecule has 3 saturated heterocycles. The highest BCUT2D eigenvalue weighted by molar-refractivity contribution is 5.81. The SMILES string of the molecule is O=C1CO[C@H]2CCN(C(=O)N3CCC(Cc4ccc(C(F)(F)F)cc4C(F)(F)F)CC3)C[C@H]2C1. The van der Waals surface area contributed by atoms with E-state index in [0.717, 1.165) is 6.07 Å². The number of hydrogen-bond acceptors (Lipinski definition) is 3. The van der Waals surface area contributed by atoms with Crippen LogP contribution >= 0.6 is 0 Å². The standard InChI is InChI=1S/C23H26F6N2O3/c24-22(25,26)17-2-1-15(19(11-17)23(27,28)29)9-14-3-6-30(7-4-14)21(33)31-8-5-20-16(12-31)10-18(32)13-34-20/h1-2,11,14,16,20H,3-10,12-13H2/t16-,20+/m1/s1. The molecule has 3 fully saturated rings. The molecule has 0 saturated carbocycles. The minimum absolute atomic E-state index is 0.00191. The fourth-order valence-corrected chi connectivity index (χ4v) is 5.19. The molecule has 34 heavy (non-hydrogen) atoms. The highest BCUT2D eigenvalue weighted by Crippen LogP contribution is 2.39. The van der Waals surface area contributed by atoms with Gasteiger partial charge < -0.3 is 14.5 Å². The number of rotatable bonds is 2. The summed E-state index contributed by atoms with van der Waals surface area (Å²) in [5.41, 5.74) is -2.74. The van der Waals surface area contributed by atoms with E-state index in [1.165, 1.54) is 0 Å². The first-order valence-electron chi connectivity index (χ1n) is 11.4. The molecule has 4 rings (SSSR count). The van der Waals surface area contributed by atoms with Gasteiger partial charge in [-0.05, 0) is 49.3 Å². The van der Waals surface area contributed by atoms with Gasteiger partial charge in [0.2, 0.25) is 0 Å². The van der Waals surface area contributed by atoms with Crippen LogP contribution in [0.2, 0.25) is 0 Å². The molecule has 0 radical (unpaired) electrons. The monoisotopic (exact) mass is 492 g/mol. The summed E-state index contributed by atoms with van der Waals surface area (Å²) in [5, 5.41) is 0. The van der Waals surface area contributed by atoms with Crippen molar-refractivity contribution in [2.45, 2.75) is 50.6 Å². The van der Waals surface area contributed by atoms with Crippen LogP contribution in [0.25, 0.3) is 0 Å². The summed E-state index contributed by atoms with van der Waals surface area (Å²) in [7, 11) is 0. The maximum atomic E-state index is 13.4. The fraction of sp³-hybridized carbons (Fsp3) is 0.652. The third-order valence-electron chi connectivity index (χ3n) is 7.02. The van der Waals surface area contributed by atoms with E-state index in [9.17, 15) is 35.9 Å². The third-order valence-corrected chi connectivity index (χ3v) is 7.02. The molecule has 2 amide bonds. The molecule has 1 aromatic carbocycles. The number of benzene rings is 1. The number of likely N-dealkylation sites (tertiary alicyclic amines) is 2. The molecular formula is C23H26F6N2O3. The van der Waals surface area contributed by atoms with Crippen LogP contribution in [0, 0.1) is 11.8 Å². The second-order valence-electron chi connectivity index (χ2n) is 9.37. The maximum absolute atomic E-state index is 13.4. The minimum atomic E-state index is -4.89. The van der Waals surface area contributed by atoms with E-state index >= 15 is 0 Å². The summed E-state index contributed by atoms with van der Waals surface area (Å²) < 4.78 is 84.5. The number of Topliss-reactive ketones (excluding diaryl/α,β-unsaturated/α-hetero) is 1. The molecule has 0 unspecified atom stereocenters. The average Bonchev–Trinajstić information content (AvgIpc) is 2.77. The first-order chi connectivity index (χ1) is 15.9. The van der Waals surface area contributed by atoms with Crippen LogP contribution in [0.3, 0.4) is 0 Å². The number of amides is 2. The quantitative estimate of drug-likeness (QED) is 0.559. The number of piperidine rings is 2. The van der Waals surface area contributed by atoms with Gasteiger partial charge in [-0.25, -0.2) is 4.79 Å². The Kier molecular flexibility index (Phi) is 6.85. The number of alkyl halides is 6. The summed E-state index contributed by atoms with van der Waals surface area (Å²) in [6, 6.07) is 1.63. The lowest BCUT2D eigenvalue weighted by Crippen LogP contribution is -2.54.